The fraction of sp³-hybridized carbons (Fsp3) is 0.500. The molecular formula is C12H18Cl3FeN6O12. The molecule has 22 heteroatoms. The Kier molecular flexibility index (Phi) is 108. The van der Waals surface area contributed by atoms with Crippen LogP contribution in [0.3, 0.4) is 0 Å². The van der Waals surface area contributed by atoms with Crippen molar-refractivity contribution in [2.45, 2.75) is 41.5 Å². The normalized spacial score (nSPS) is 6.71. The van der Waals surface area contributed by atoms with Crippen LogP contribution in [-0.4, -0.2) is 0 Å². The number of nitrogens with zero attached hydrogens (tertiary/aromatic N) is 6. The van der Waals surface area contributed by atoms with Gasteiger partial charge in [0.1, 0.15) is 0 Å². The van der Waals surface area contributed by atoms with E-state index in [4.69, 9.17) is 87.5 Å². The Morgan fingerprint density at radius 1 is 0.324 bits per heavy atom. The average molecular weight is 601 g/mol. The van der Waals surface area contributed by atoms with E-state index in [1.807, 2.05) is 0 Å². The van der Waals surface area contributed by atoms with Gasteiger partial charge in [0.15, 0.2) is 0 Å². The molecule has 0 aliphatic carbocycles. The minimum absolute atomic E-state index is 0. The molecule has 0 unspecified atom stereocenters. The number of hydrogen-bond acceptors (Lipinski definition) is 18. The van der Waals surface area contributed by atoms with E-state index in [2.05, 4.69) is 0 Å². The largest absolute Gasteiger partial charge is 3.00 e. The van der Waals surface area contributed by atoms with Crippen LogP contribution in [0.15, 0.2) is 0 Å². The SMILES string of the molecule is CC#N.CC#N.CC#N.CC#N.CC#N.CC#N.[Fe+3].[O-][Cl+3]([O-])([O-])[O-].[O-][Cl+3]([O-])([O-])[O-].[O-][Cl+3]([O-])([O-])[O-]. The monoisotopic (exact) mass is 599 g/mol. The van der Waals surface area contributed by atoms with Gasteiger partial charge in [-0.3, -0.25) is 0 Å². The van der Waals surface area contributed by atoms with E-state index < -0.39 is 30.7 Å². The summed E-state index contributed by atoms with van der Waals surface area (Å²) in [6.45, 7) is 8.58. The van der Waals surface area contributed by atoms with Crippen LogP contribution in [0.2, 0.25) is 0 Å². The zero-order valence-electron chi connectivity index (χ0n) is 18.1. The van der Waals surface area contributed by atoms with Crippen LogP contribution in [0.1, 0.15) is 41.5 Å². The molecule has 0 rings (SSSR count). The Balaban J connectivity index is -0.0000000240. The maximum atomic E-state index is 8.49. The van der Waals surface area contributed by atoms with E-state index >= 15 is 0 Å². The molecule has 0 heterocycles. The van der Waals surface area contributed by atoms with E-state index in [0.29, 0.717) is 0 Å². The quantitative estimate of drug-likeness (QED) is 0.233. The molecule has 0 bridgehead atoms. The van der Waals surface area contributed by atoms with Crippen molar-refractivity contribution in [2.24, 2.45) is 0 Å². The first-order valence-electron chi connectivity index (χ1n) is 6.19. The van der Waals surface area contributed by atoms with Crippen LogP contribution < -0.4 is 55.9 Å². The molecule has 0 aromatic heterocycles. The minimum atomic E-state index is -4.94. The molecule has 0 aromatic rings. The van der Waals surface area contributed by atoms with Crippen LogP contribution in [0.5, 0.6) is 0 Å². The van der Waals surface area contributed by atoms with Gasteiger partial charge in [-0.05, 0) is 0 Å². The van der Waals surface area contributed by atoms with Crippen LogP contribution >= 0.6 is 0 Å². The van der Waals surface area contributed by atoms with Crippen molar-refractivity contribution >= 4 is 0 Å². The second-order valence-electron chi connectivity index (χ2n) is 2.48. The van der Waals surface area contributed by atoms with Crippen molar-refractivity contribution in [3.8, 4) is 36.4 Å². The molecule has 0 aliphatic heterocycles. The minimum Gasteiger partial charge on any atom is -0.222 e. The second-order valence-corrected chi connectivity index (χ2v) is 4.74. The third-order valence-electron chi connectivity index (χ3n) is 0. The third kappa shape index (κ3) is 5370. The molecule has 0 atom stereocenters. The summed E-state index contributed by atoms with van der Waals surface area (Å²) in [5.74, 6) is 0. The van der Waals surface area contributed by atoms with Crippen LogP contribution in [0, 0.1) is 98.7 Å². The predicted molar refractivity (Wildman–Crippen MR) is 67.7 cm³/mol. The molecule has 0 saturated carbocycles. The van der Waals surface area contributed by atoms with E-state index in [-0.39, 0.29) is 17.1 Å². The van der Waals surface area contributed by atoms with Crippen molar-refractivity contribution in [3.05, 3.63) is 0 Å². The van der Waals surface area contributed by atoms with Gasteiger partial charge in [-0.2, -0.15) is 31.6 Å². The zero-order chi connectivity index (χ0) is 29.7. The Labute approximate surface area is 213 Å². The van der Waals surface area contributed by atoms with E-state index in [0.717, 1.165) is 0 Å². The third-order valence-corrected chi connectivity index (χ3v) is 0. The van der Waals surface area contributed by atoms with E-state index in [9.17, 15) is 0 Å². The van der Waals surface area contributed by atoms with Gasteiger partial charge in [0.05, 0.1) is 36.4 Å². The Morgan fingerprint density at radius 3 is 0.324 bits per heavy atom. The number of rotatable bonds is 0. The molecule has 0 aliphatic rings. The first-order valence-corrected chi connectivity index (χ1v) is 9.90. The fourth-order valence-electron chi connectivity index (χ4n) is 0. The molecule has 0 spiro atoms. The molecule has 0 fully saturated rings. The Morgan fingerprint density at radius 2 is 0.324 bits per heavy atom. The fourth-order valence-corrected chi connectivity index (χ4v) is 0. The standard InChI is InChI=1S/6C2H3N.3ClHO4.Fe/c6*1-2-3;3*2-1(3,4)5;/h6*1H3;3*(H,2,3,4,5);/q;;;;;;;;;+3/p-3. The molecule has 0 saturated heterocycles. The van der Waals surface area contributed by atoms with Crippen molar-refractivity contribution in [3.63, 3.8) is 0 Å². The van der Waals surface area contributed by atoms with Crippen molar-refractivity contribution < 1.29 is 104 Å². The second kappa shape index (κ2) is 57.6. The Bertz CT molecular complexity index is 463. The predicted octanol–water partition coefficient (Wildman–Crippen LogP) is -11.1. The number of halogens is 3. The molecule has 197 valence electrons. The van der Waals surface area contributed by atoms with Crippen molar-refractivity contribution in [2.75, 3.05) is 0 Å². The van der Waals surface area contributed by atoms with Crippen molar-refractivity contribution in [1.29, 1.82) is 31.6 Å². The van der Waals surface area contributed by atoms with Crippen LogP contribution in [-0.2, 0) is 17.1 Å². The maximum Gasteiger partial charge on any atom is 3.00 e. The van der Waals surface area contributed by atoms with Gasteiger partial charge in [0.2, 0.25) is 0 Å². The molecular weight excluding hydrogens is 582 g/mol. The number of hydrogen-bond donors (Lipinski definition) is 0. The summed E-state index contributed by atoms with van der Waals surface area (Å²) in [6.07, 6.45) is 0. The summed E-state index contributed by atoms with van der Waals surface area (Å²) in [4.78, 5) is 0. The molecule has 18 nitrogen and oxygen atoms in total. The average Bonchev–Trinajstić information content (AvgIpc) is 2.46. The van der Waals surface area contributed by atoms with Gasteiger partial charge in [-0.1, -0.05) is 0 Å². The van der Waals surface area contributed by atoms with Gasteiger partial charge in [0.25, 0.3) is 0 Å². The molecule has 1 radical (unpaired) electrons. The van der Waals surface area contributed by atoms with Gasteiger partial charge < -0.3 is 0 Å². The summed E-state index contributed by atoms with van der Waals surface area (Å²) in [6, 6.07) is 10.5. The van der Waals surface area contributed by atoms with Crippen LogP contribution in [0.25, 0.3) is 0 Å². The summed E-state index contributed by atoms with van der Waals surface area (Å²) < 4.78 is 102. The number of nitriles is 6. The summed E-state index contributed by atoms with van der Waals surface area (Å²) in [5.41, 5.74) is 0. The van der Waals surface area contributed by atoms with Gasteiger partial charge in [-0.25, -0.2) is 55.9 Å². The molecule has 0 N–H and O–H groups in total. The van der Waals surface area contributed by atoms with E-state index in [1.54, 1.807) is 36.4 Å². The van der Waals surface area contributed by atoms with Gasteiger partial charge in [-0.15, -0.1) is 30.7 Å². The van der Waals surface area contributed by atoms with Gasteiger partial charge >= 0.3 is 17.1 Å². The van der Waals surface area contributed by atoms with E-state index in [1.165, 1.54) is 41.5 Å². The molecule has 0 amide bonds. The van der Waals surface area contributed by atoms with Gasteiger partial charge in [0, 0.05) is 41.5 Å². The summed E-state index contributed by atoms with van der Waals surface area (Å²) >= 11 is 0. The first-order chi connectivity index (χ1) is 14.5. The zero-order valence-corrected chi connectivity index (χ0v) is 21.4. The maximum absolute atomic E-state index is 8.49. The smallest absolute Gasteiger partial charge is 0.222 e. The van der Waals surface area contributed by atoms with Crippen molar-refractivity contribution in [1.82, 2.24) is 0 Å². The summed E-state index contributed by atoms with van der Waals surface area (Å²) in [7, 11) is -14.8. The topological polar surface area (TPSA) is 419 Å². The first kappa shape index (κ1) is 63.5. The van der Waals surface area contributed by atoms with Crippen LogP contribution in [0.4, 0.5) is 0 Å². The summed E-state index contributed by atoms with van der Waals surface area (Å²) in [5, 5.41) is 43.9. The molecule has 0 aromatic carbocycles. The molecule has 34 heavy (non-hydrogen) atoms. The Hall–Kier alpha value is -2.15.